The molecule has 7 heteroatoms. The molecule has 0 fully saturated rings. The van der Waals surface area contributed by atoms with Gasteiger partial charge in [-0.2, -0.15) is 0 Å². The Morgan fingerprint density at radius 1 is 1.00 bits per heavy atom. The predicted octanol–water partition coefficient (Wildman–Crippen LogP) is 3.90. The van der Waals surface area contributed by atoms with E-state index >= 15 is 0 Å². The molecule has 1 aromatic carbocycles. The minimum Gasteiger partial charge on any atom is -0.380 e. The van der Waals surface area contributed by atoms with Crippen molar-refractivity contribution in [3.63, 3.8) is 0 Å². The summed E-state index contributed by atoms with van der Waals surface area (Å²) in [5.41, 5.74) is -3.45. The normalized spacial score (nSPS) is 13.3. The number of aliphatic hydroxyl groups is 1. The van der Waals surface area contributed by atoms with Crippen LogP contribution >= 0.6 is 0 Å². The predicted molar refractivity (Wildman–Crippen MR) is 95.0 cm³/mol. The lowest BCUT2D eigenvalue weighted by Gasteiger charge is -2.25. The highest BCUT2D eigenvalue weighted by Gasteiger charge is 2.25. The Bertz CT molecular complexity index is 647. The molecule has 0 heterocycles. The summed E-state index contributed by atoms with van der Waals surface area (Å²) in [6.45, 7) is 8.66. The minimum atomic E-state index is -1.59. The molecule has 1 rings (SSSR count). The molecule has 0 radical (unpaired) electrons. The zero-order valence-corrected chi connectivity index (χ0v) is 15.6. The Balaban J connectivity index is 3.20. The lowest BCUT2D eigenvalue weighted by Crippen LogP contribution is -2.39. The van der Waals surface area contributed by atoms with Gasteiger partial charge in [0.2, 0.25) is 0 Å². The molecule has 0 aliphatic heterocycles. The quantitative estimate of drug-likeness (QED) is 0.314. The van der Waals surface area contributed by atoms with E-state index in [-0.39, 0.29) is 13.1 Å². The summed E-state index contributed by atoms with van der Waals surface area (Å²) < 4.78 is 56.5. The van der Waals surface area contributed by atoms with E-state index < -0.39 is 40.1 Å². The van der Waals surface area contributed by atoms with Gasteiger partial charge >= 0.3 is 0 Å². The van der Waals surface area contributed by atoms with Crippen LogP contribution in [0.1, 0.15) is 46.1 Å². The third kappa shape index (κ3) is 5.61. The lowest BCUT2D eigenvalue weighted by molar-refractivity contribution is 0.0742. The maximum atomic E-state index is 14.2. The molecule has 0 aliphatic rings. The second kappa shape index (κ2) is 9.79. The Kier molecular flexibility index (Phi) is 8.38. The van der Waals surface area contributed by atoms with Gasteiger partial charge in [-0.3, -0.25) is 0 Å². The van der Waals surface area contributed by atoms with E-state index in [1.165, 1.54) is 6.92 Å². The zero-order valence-electron chi connectivity index (χ0n) is 15.6. The van der Waals surface area contributed by atoms with E-state index in [4.69, 9.17) is 0 Å². The van der Waals surface area contributed by atoms with Crippen LogP contribution in [0.5, 0.6) is 0 Å². The fourth-order valence-electron chi connectivity index (χ4n) is 2.41. The molecular weight excluding hydrogens is 348 g/mol. The van der Waals surface area contributed by atoms with Crippen LogP contribution in [0, 0.1) is 35.1 Å². The van der Waals surface area contributed by atoms with E-state index in [1.54, 1.807) is 0 Å². The van der Waals surface area contributed by atoms with Gasteiger partial charge in [0.15, 0.2) is 23.3 Å². The minimum absolute atomic E-state index is 0.137. The summed E-state index contributed by atoms with van der Waals surface area (Å²) in [7, 11) is 0. The van der Waals surface area contributed by atoms with Crippen molar-refractivity contribution >= 4 is 5.69 Å². The molecule has 2 N–H and O–H groups in total. The molecule has 0 bridgehead atoms. The van der Waals surface area contributed by atoms with Crippen molar-refractivity contribution < 1.29 is 22.7 Å². The first-order valence-corrected chi connectivity index (χ1v) is 8.76. The van der Waals surface area contributed by atoms with Gasteiger partial charge in [0.25, 0.3) is 0 Å². The molecule has 26 heavy (non-hydrogen) atoms. The number of hydrogen-bond acceptors (Lipinski definition) is 3. The van der Waals surface area contributed by atoms with Crippen molar-refractivity contribution in [1.29, 1.82) is 0 Å². The van der Waals surface area contributed by atoms with Crippen LogP contribution in [0.15, 0.2) is 0 Å². The van der Waals surface area contributed by atoms with Gasteiger partial charge in [-0.15, -0.1) is 0 Å². The van der Waals surface area contributed by atoms with E-state index in [1.807, 2.05) is 25.7 Å². The highest BCUT2D eigenvalue weighted by atomic mass is 19.2. The number of unbranched alkanes of at least 4 members (excludes halogenated alkanes) is 1. The average molecular weight is 374 g/mol. The summed E-state index contributed by atoms with van der Waals surface area (Å²) >= 11 is 0. The first kappa shape index (κ1) is 22.3. The number of anilines is 1. The van der Waals surface area contributed by atoms with E-state index in [0.29, 0.717) is 19.5 Å². The number of rotatable bonds is 8. The van der Waals surface area contributed by atoms with Gasteiger partial charge in [0.05, 0.1) is 0 Å². The molecule has 3 nitrogen and oxygen atoms in total. The van der Waals surface area contributed by atoms with Crippen molar-refractivity contribution in [3.8, 4) is 11.8 Å². The van der Waals surface area contributed by atoms with E-state index in [9.17, 15) is 22.7 Å². The second-order valence-corrected chi connectivity index (χ2v) is 6.27. The van der Waals surface area contributed by atoms with Crippen LogP contribution in [-0.2, 0) is 0 Å². The molecule has 0 saturated heterocycles. The molecule has 0 aromatic heterocycles. The standard InChI is InChI=1S/C19H26F4N2O/c1-5-8-11-24-18-16(22)14(20)13(15(21)17(18)23)9-10-19(4,26)12-25(6-2)7-3/h24,26H,5-8,11-12H2,1-4H3. The number of benzene rings is 1. The Morgan fingerprint density at radius 2 is 1.54 bits per heavy atom. The van der Waals surface area contributed by atoms with Gasteiger partial charge in [-0.1, -0.05) is 39.0 Å². The number of hydrogen-bond donors (Lipinski definition) is 2. The van der Waals surface area contributed by atoms with Crippen LogP contribution in [-0.4, -0.2) is 41.8 Å². The summed E-state index contributed by atoms with van der Waals surface area (Å²) in [5.74, 6) is -1.81. The average Bonchev–Trinajstić information content (AvgIpc) is 2.61. The molecular formula is C19H26F4N2O. The monoisotopic (exact) mass is 374 g/mol. The fourth-order valence-corrected chi connectivity index (χ4v) is 2.41. The molecule has 0 saturated carbocycles. The topological polar surface area (TPSA) is 35.5 Å². The Hall–Kier alpha value is -1.78. The Morgan fingerprint density at radius 3 is 2.00 bits per heavy atom. The molecule has 146 valence electrons. The fraction of sp³-hybridized carbons (Fsp3) is 0.579. The summed E-state index contributed by atoms with van der Waals surface area (Å²) in [6, 6.07) is 0. The van der Waals surface area contributed by atoms with Crippen molar-refractivity contribution in [1.82, 2.24) is 4.90 Å². The van der Waals surface area contributed by atoms with Crippen LogP contribution in [0.4, 0.5) is 23.2 Å². The number of halogens is 4. The zero-order chi connectivity index (χ0) is 19.9. The lowest BCUT2D eigenvalue weighted by atomic mass is 10.1. The van der Waals surface area contributed by atoms with Crippen molar-refractivity contribution in [2.24, 2.45) is 0 Å². The van der Waals surface area contributed by atoms with E-state index in [2.05, 4.69) is 17.2 Å². The number of likely N-dealkylation sites (N-methyl/N-ethyl adjacent to an activating group) is 1. The van der Waals surface area contributed by atoms with Crippen molar-refractivity contribution in [2.75, 3.05) is 31.5 Å². The van der Waals surface area contributed by atoms with Crippen LogP contribution < -0.4 is 5.32 Å². The SMILES string of the molecule is CCCCNc1c(F)c(F)c(C#CC(C)(O)CN(CC)CC)c(F)c1F. The van der Waals surface area contributed by atoms with Gasteiger partial charge < -0.3 is 15.3 Å². The van der Waals surface area contributed by atoms with Gasteiger partial charge in [0, 0.05) is 13.1 Å². The number of nitrogens with one attached hydrogen (secondary N) is 1. The van der Waals surface area contributed by atoms with Gasteiger partial charge in [0.1, 0.15) is 16.9 Å². The van der Waals surface area contributed by atoms with Gasteiger partial charge in [-0.05, 0) is 26.4 Å². The molecule has 1 unspecified atom stereocenters. The molecule has 0 amide bonds. The molecule has 1 aromatic rings. The molecule has 1 atom stereocenters. The van der Waals surface area contributed by atoms with E-state index in [0.717, 1.165) is 6.42 Å². The summed E-state index contributed by atoms with van der Waals surface area (Å²) in [4.78, 5) is 1.86. The maximum Gasteiger partial charge on any atom is 0.186 e. The first-order chi connectivity index (χ1) is 12.2. The second-order valence-electron chi connectivity index (χ2n) is 6.27. The molecule has 0 spiro atoms. The van der Waals surface area contributed by atoms with Crippen LogP contribution in [0.25, 0.3) is 0 Å². The highest BCUT2D eigenvalue weighted by molar-refractivity contribution is 5.53. The van der Waals surface area contributed by atoms with Gasteiger partial charge in [-0.25, -0.2) is 17.6 Å². The maximum absolute atomic E-state index is 14.2. The Labute approximate surface area is 152 Å². The van der Waals surface area contributed by atoms with Crippen LogP contribution in [0.2, 0.25) is 0 Å². The summed E-state index contributed by atoms with van der Waals surface area (Å²) in [6.07, 6.45) is 1.35. The first-order valence-electron chi connectivity index (χ1n) is 8.76. The van der Waals surface area contributed by atoms with Crippen molar-refractivity contribution in [3.05, 3.63) is 28.8 Å². The third-order valence-corrected chi connectivity index (χ3v) is 3.98. The number of nitrogens with zero attached hydrogens (tertiary/aromatic N) is 1. The smallest absolute Gasteiger partial charge is 0.186 e. The third-order valence-electron chi connectivity index (χ3n) is 3.98. The van der Waals surface area contributed by atoms with Crippen LogP contribution in [0.3, 0.4) is 0 Å². The highest BCUT2D eigenvalue weighted by Crippen LogP contribution is 2.28. The molecule has 0 aliphatic carbocycles. The summed E-state index contributed by atoms with van der Waals surface area (Å²) in [5, 5.41) is 12.6. The van der Waals surface area contributed by atoms with Crippen molar-refractivity contribution in [2.45, 2.75) is 46.1 Å². The largest absolute Gasteiger partial charge is 0.380 e.